The Balaban J connectivity index is 1.67. The molecular weight excluding hydrogens is 296 g/mol. The molecule has 0 spiro atoms. The number of hydrogen-bond donors (Lipinski definition) is 0. The summed E-state index contributed by atoms with van der Waals surface area (Å²) >= 11 is 6.05. The van der Waals surface area contributed by atoms with Gasteiger partial charge < -0.3 is 9.80 Å². The van der Waals surface area contributed by atoms with Gasteiger partial charge in [-0.1, -0.05) is 35.9 Å². The lowest BCUT2D eigenvalue weighted by Gasteiger charge is -2.36. The van der Waals surface area contributed by atoms with E-state index in [9.17, 15) is 4.79 Å². The number of anilines is 1. The van der Waals surface area contributed by atoms with Gasteiger partial charge in [-0.05, 0) is 36.8 Å². The van der Waals surface area contributed by atoms with Crippen LogP contribution in [0, 0.1) is 6.92 Å². The van der Waals surface area contributed by atoms with Gasteiger partial charge in [-0.2, -0.15) is 0 Å². The van der Waals surface area contributed by atoms with Crippen molar-refractivity contribution in [2.24, 2.45) is 0 Å². The molecule has 1 aliphatic rings. The third-order valence-corrected chi connectivity index (χ3v) is 4.35. The molecule has 2 aromatic rings. The van der Waals surface area contributed by atoms with Crippen LogP contribution < -0.4 is 4.90 Å². The van der Waals surface area contributed by atoms with Crippen molar-refractivity contribution in [3.05, 3.63) is 64.7 Å². The Kier molecular flexibility index (Phi) is 4.34. The largest absolute Gasteiger partial charge is 0.368 e. The van der Waals surface area contributed by atoms with Crippen LogP contribution in [0.15, 0.2) is 48.5 Å². The number of amides is 1. The van der Waals surface area contributed by atoms with Crippen LogP contribution in [0.2, 0.25) is 5.02 Å². The van der Waals surface area contributed by atoms with Crippen molar-refractivity contribution in [1.29, 1.82) is 0 Å². The van der Waals surface area contributed by atoms with Gasteiger partial charge in [0.1, 0.15) is 0 Å². The number of nitrogens with zero attached hydrogens (tertiary/aromatic N) is 2. The third kappa shape index (κ3) is 3.09. The molecule has 0 saturated carbocycles. The maximum Gasteiger partial charge on any atom is 0.254 e. The first-order chi connectivity index (χ1) is 10.6. The second-order valence-electron chi connectivity index (χ2n) is 5.57. The maximum atomic E-state index is 12.6. The lowest BCUT2D eigenvalue weighted by atomic mass is 10.1. The van der Waals surface area contributed by atoms with E-state index >= 15 is 0 Å². The molecule has 1 saturated heterocycles. The molecule has 0 aliphatic carbocycles. The van der Waals surface area contributed by atoms with Gasteiger partial charge >= 0.3 is 0 Å². The number of halogens is 1. The second kappa shape index (κ2) is 6.41. The van der Waals surface area contributed by atoms with Crippen molar-refractivity contribution in [3.8, 4) is 0 Å². The molecule has 22 heavy (non-hydrogen) atoms. The van der Waals surface area contributed by atoms with Crippen molar-refractivity contribution >= 4 is 23.2 Å². The van der Waals surface area contributed by atoms with Gasteiger partial charge in [0.25, 0.3) is 5.91 Å². The van der Waals surface area contributed by atoms with E-state index in [0.717, 1.165) is 48.0 Å². The summed E-state index contributed by atoms with van der Waals surface area (Å²) in [7, 11) is 0. The molecule has 1 amide bonds. The van der Waals surface area contributed by atoms with Gasteiger partial charge in [0.15, 0.2) is 0 Å². The van der Waals surface area contributed by atoms with Crippen LogP contribution >= 0.6 is 11.6 Å². The number of piperazine rings is 1. The zero-order valence-electron chi connectivity index (χ0n) is 12.6. The molecule has 0 atom stereocenters. The van der Waals surface area contributed by atoms with E-state index in [4.69, 9.17) is 11.6 Å². The molecule has 4 heteroatoms. The van der Waals surface area contributed by atoms with Crippen LogP contribution in [-0.4, -0.2) is 37.0 Å². The van der Waals surface area contributed by atoms with Gasteiger partial charge in [-0.3, -0.25) is 4.79 Å². The number of rotatable bonds is 2. The SMILES string of the molecule is Cc1ccccc1C(=O)N1CCN(c2cccc(Cl)c2)CC1. The van der Waals surface area contributed by atoms with Crippen LogP contribution in [0.4, 0.5) is 5.69 Å². The summed E-state index contributed by atoms with van der Waals surface area (Å²) in [5, 5.41) is 0.746. The first kappa shape index (κ1) is 14.9. The standard InChI is InChI=1S/C18H19ClN2O/c1-14-5-2-3-8-17(14)18(22)21-11-9-20(10-12-21)16-7-4-6-15(19)13-16/h2-8,13H,9-12H2,1H3. The molecule has 0 bridgehead atoms. The highest BCUT2D eigenvalue weighted by Crippen LogP contribution is 2.21. The normalized spacial score (nSPS) is 15.0. The van der Waals surface area contributed by atoms with Crippen molar-refractivity contribution < 1.29 is 4.79 Å². The average molecular weight is 315 g/mol. The van der Waals surface area contributed by atoms with Crippen LogP contribution in [-0.2, 0) is 0 Å². The minimum absolute atomic E-state index is 0.129. The fraction of sp³-hybridized carbons (Fsp3) is 0.278. The number of hydrogen-bond acceptors (Lipinski definition) is 2. The summed E-state index contributed by atoms with van der Waals surface area (Å²) < 4.78 is 0. The maximum absolute atomic E-state index is 12.6. The Labute approximate surface area is 136 Å². The summed E-state index contributed by atoms with van der Waals surface area (Å²) in [6.45, 7) is 5.12. The van der Waals surface area contributed by atoms with Crippen molar-refractivity contribution in [2.45, 2.75) is 6.92 Å². The predicted molar refractivity (Wildman–Crippen MR) is 90.7 cm³/mol. The molecule has 2 aromatic carbocycles. The smallest absolute Gasteiger partial charge is 0.254 e. The molecule has 114 valence electrons. The molecule has 0 unspecified atom stereocenters. The summed E-state index contributed by atoms with van der Waals surface area (Å²) in [6, 6.07) is 15.6. The Bertz CT molecular complexity index is 678. The van der Waals surface area contributed by atoms with Gasteiger partial charge in [0.2, 0.25) is 0 Å². The van der Waals surface area contributed by atoms with Crippen LogP contribution in [0.1, 0.15) is 15.9 Å². The van der Waals surface area contributed by atoms with E-state index in [1.54, 1.807) is 0 Å². The first-order valence-electron chi connectivity index (χ1n) is 7.50. The highest BCUT2D eigenvalue weighted by Gasteiger charge is 2.23. The zero-order valence-corrected chi connectivity index (χ0v) is 13.4. The lowest BCUT2D eigenvalue weighted by Crippen LogP contribution is -2.48. The van der Waals surface area contributed by atoms with Crippen LogP contribution in [0.5, 0.6) is 0 Å². The molecule has 3 rings (SSSR count). The van der Waals surface area contributed by atoms with E-state index in [1.165, 1.54) is 0 Å². The van der Waals surface area contributed by atoms with Crippen molar-refractivity contribution in [2.75, 3.05) is 31.1 Å². The van der Waals surface area contributed by atoms with E-state index < -0.39 is 0 Å². The highest BCUT2D eigenvalue weighted by molar-refractivity contribution is 6.30. The monoisotopic (exact) mass is 314 g/mol. The van der Waals surface area contributed by atoms with Gasteiger partial charge in [0.05, 0.1) is 0 Å². The minimum Gasteiger partial charge on any atom is -0.368 e. The van der Waals surface area contributed by atoms with Crippen molar-refractivity contribution in [3.63, 3.8) is 0 Å². The lowest BCUT2D eigenvalue weighted by molar-refractivity contribution is 0.0746. The molecule has 0 aromatic heterocycles. The molecule has 3 nitrogen and oxygen atoms in total. The third-order valence-electron chi connectivity index (χ3n) is 4.12. The zero-order chi connectivity index (χ0) is 15.5. The first-order valence-corrected chi connectivity index (χ1v) is 7.88. The Morgan fingerprint density at radius 1 is 1.00 bits per heavy atom. The number of carbonyl (C=O) groups excluding carboxylic acids is 1. The van der Waals surface area contributed by atoms with Crippen LogP contribution in [0.3, 0.4) is 0 Å². The number of aryl methyl sites for hydroxylation is 1. The van der Waals surface area contributed by atoms with Crippen molar-refractivity contribution in [1.82, 2.24) is 4.90 Å². The quantitative estimate of drug-likeness (QED) is 0.845. The molecule has 0 N–H and O–H groups in total. The fourth-order valence-electron chi connectivity index (χ4n) is 2.82. The van der Waals surface area contributed by atoms with E-state index in [1.807, 2.05) is 54.3 Å². The van der Waals surface area contributed by atoms with E-state index in [-0.39, 0.29) is 5.91 Å². The highest BCUT2D eigenvalue weighted by atomic mass is 35.5. The number of benzene rings is 2. The minimum atomic E-state index is 0.129. The molecule has 1 fully saturated rings. The average Bonchev–Trinajstić information content (AvgIpc) is 2.55. The Morgan fingerprint density at radius 2 is 1.73 bits per heavy atom. The molecule has 0 radical (unpaired) electrons. The summed E-state index contributed by atoms with van der Waals surface area (Å²) in [5.41, 5.74) is 2.96. The molecule has 1 heterocycles. The van der Waals surface area contributed by atoms with Crippen LogP contribution in [0.25, 0.3) is 0 Å². The summed E-state index contributed by atoms with van der Waals surface area (Å²) in [4.78, 5) is 16.8. The topological polar surface area (TPSA) is 23.6 Å². The Hall–Kier alpha value is -2.00. The van der Waals surface area contributed by atoms with E-state index in [2.05, 4.69) is 11.0 Å². The molecular formula is C18H19ClN2O. The molecule has 1 aliphatic heterocycles. The van der Waals surface area contributed by atoms with E-state index in [0.29, 0.717) is 0 Å². The summed E-state index contributed by atoms with van der Waals surface area (Å²) in [6.07, 6.45) is 0. The summed E-state index contributed by atoms with van der Waals surface area (Å²) in [5.74, 6) is 0.129. The Morgan fingerprint density at radius 3 is 2.41 bits per heavy atom. The fourth-order valence-corrected chi connectivity index (χ4v) is 3.01. The van der Waals surface area contributed by atoms with Gasteiger partial charge in [-0.25, -0.2) is 0 Å². The van der Waals surface area contributed by atoms with Gasteiger partial charge in [0, 0.05) is 42.5 Å². The number of carbonyl (C=O) groups is 1. The predicted octanol–water partition coefficient (Wildman–Crippen LogP) is 3.61. The second-order valence-corrected chi connectivity index (χ2v) is 6.01. The van der Waals surface area contributed by atoms with Gasteiger partial charge in [-0.15, -0.1) is 0 Å².